The Kier molecular flexibility index (Phi) is 5.74. The van der Waals surface area contributed by atoms with Crippen LogP contribution in [0.15, 0.2) is 18.2 Å². The van der Waals surface area contributed by atoms with Gasteiger partial charge in [0.1, 0.15) is 5.56 Å². The summed E-state index contributed by atoms with van der Waals surface area (Å²) in [5.41, 5.74) is 0.491. The number of nitro groups is 1. The maximum Gasteiger partial charge on any atom is 0.282 e. The molecule has 0 heterocycles. The number of rotatable bonds is 7. The molecule has 0 unspecified atom stereocenters. The van der Waals surface area contributed by atoms with Crippen LogP contribution in [-0.2, 0) is 4.74 Å². The number of carbonyl (C=O) groups excluding carboxylic acids is 1. The molecule has 0 atom stereocenters. The van der Waals surface area contributed by atoms with Crippen LogP contribution in [0, 0.1) is 10.1 Å². The predicted octanol–water partition coefficient (Wildman–Crippen LogP) is 1.40. The Hall–Kier alpha value is -2.15. The van der Waals surface area contributed by atoms with Crippen molar-refractivity contribution in [1.29, 1.82) is 0 Å². The highest BCUT2D eigenvalue weighted by atomic mass is 16.6. The summed E-state index contributed by atoms with van der Waals surface area (Å²) >= 11 is 0. The van der Waals surface area contributed by atoms with Gasteiger partial charge in [0.25, 0.3) is 11.6 Å². The highest BCUT2D eigenvalue weighted by Crippen LogP contribution is 2.22. The summed E-state index contributed by atoms with van der Waals surface area (Å²) in [7, 11) is 3.25. The fourth-order valence-electron chi connectivity index (χ4n) is 1.55. The molecule has 19 heavy (non-hydrogen) atoms. The van der Waals surface area contributed by atoms with Crippen molar-refractivity contribution in [2.45, 2.75) is 6.42 Å². The molecular weight excluding hydrogens is 250 g/mol. The number of anilines is 1. The van der Waals surface area contributed by atoms with E-state index in [4.69, 9.17) is 4.74 Å². The SMILES string of the molecule is CNc1ccc([N+](=O)[O-])c(C(=O)NCCCOC)c1. The maximum absolute atomic E-state index is 11.9. The van der Waals surface area contributed by atoms with Crippen LogP contribution in [0.3, 0.4) is 0 Å². The van der Waals surface area contributed by atoms with Gasteiger partial charge in [-0.25, -0.2) is 0 Å². The van der Waals surface area contributed by atoms with E-state index in [2.05, 4.69) is 10.6 Å². The average molecular weight is 267 g/mol. The van der Waals surface area contributed by atoms with Gasteiger partial charge in [-0.2, -0.15) is 0 Å². The maximum atomic E-state index is 11.9. The molecule has 7 nitrogen and oxygen atoms in total. The minimum absolute atomic E-state index is 0.0502. The molecule has 2 N–H and O–H groups in total. The molecule has 0 aliphatic rings. The predicted molar refractivity (Wildman–Crippen MR) is 71.5 cm³/mol. The minimum Gasteiger partial charge on any atom is -0.388 e. The molecule has 0 aliphatic carbocycles. The van der Waals surface area contributed by atoms with Crippen molar-refractivity contribution in [3.63, 3.8) is 0 Å². The van der Waals surface area contributed by atoms with E-state index < -0.39 is 10.8 Å². The highest BCUT2D eigenvalue weighted by Gasteiger charge is 2.20. The quantitative estimate of drug-likeness (QED) is 0.442. The first-order valence-electron chi connectivity index (χ1n) is 5.83. The molecule has 0 bridgehead atoms. The average Bonchev–Trinajstić information content (AvgIpc) is 2.42. The third kappa shape index (κ3) is 4.22. The summed E-state index contributed by atoms with van der Waals surface area (Å²) in [6.07, 6.45) is 0.655. The van der Waals surface area contributed by atoms with E-state index >= 15 is 0 Å². The lowest BCUT2D eigenvalue weighted by Crippen LogP contribution is -2.26. The van der Waals surface area contributed by atoms with Crippen LogP contribution in [-0.4, -0.2) is 38.1 Å². The van der Waals surface area contributed by atoms with Crippen LogP contribution >= 0.6 is 0 Å². The second-order valence-corrected chi connectivity index (χ2v) is 3.84. The zero-order valence-electron chi connectivity index (χ0n) is 10.9. The van der Waals surface area contributed by atoms with Gasteiger partial charge in [0.05, 0.1) is 4.92 Å². The number of nitro benzene ring substituents is 1. The van der Waals surface area contributed by atoms with Crippen molar-refractivity contribution >= 4 is 17.3 Å². The summed E-state index contributed by atoms with van der Waals surface area (Å²) in [5, 5.41) is 16.4. The van der Waals surface area contributed by atoms with Crippen molar-refractivity contribution in [2.75, 3.05) is 32.6 Å². The van der Waals surface area contributed by atoms with Crippen molar-refractivity contribution in [1.82, 2.24) is 5.32 Å². The van der Waals surface area contributed by atoms with Crippen LogP contribution in [0.25, 0.3) is 0 Å². The topological polar surface area (TPSA) is 93.5 Å². The summed E-state index contributed by atoms with van der Waals surface area (Å²) < 4.78 is 4.86. The monoisotopic (exact) mass is 267 g/mol. The second kappa shape index (κ2) is 7.32. The number of nitrogens with one attached hydrogen (secondary N) is 2. The van der Waals surface area contributed by atoms with Crippen molar-refractivity contribution < 1.29 is 14.5 Å². The molecule has 104 valence electrons. The number of hydrogen-bond donors (Lipinski definition) is 2. The molecule has 1 rings (SSSR count). The van der Waals surface area contributed by atoms with Gasteiger partial charge in [0.2, 0.25) is 0 Å². The van der Waals surface area contributed by atoms with E-state index in [-0.39, 0.29) is 11.3 Å². The fourth-order valence-corrected chi connectivity index (χ4v) is 1.55. The Morgan fingerprint density at radius 1 is 1.47 bits per heavy atom. The molecule has 0 spiro atoms. The zero-order chi connectivity index (χ0) is 14.3. The lowest BCUT2D eigenvalue weighted by molar-refractivity contribution is -0.385. The Morgan fingerprint density at radius 2 is 2.21 bits per heavy atom. The molecule has 0 aliphatic heterocycles. The number of methoxy groups -OCH3 is 1. The van der Waals surface area contributed by atoms with Crippen molar-refractivity contribution in [2.24, 2.45) is 0 Å². The van der Waals surface area contributed by atoms with Gasteiger partial charge in [0.15, 0.2) is 0 Å². The molecule has 1 amide bonds. The number of amides is 1. The smallest absolute Gasteiger partial charge is 0.282 e. The van der Waals surface area contributed by atoms with Gasteiger partial charge < -0.3 is 15.4 Å². The Morgan fingerprint density at radius 3 is 2.79 bits per heavy atom. The highest BCUT2D eigenvalue weighted by molar-refractivity contribution is 5.99. The number of benzene rings is 1. The van der Waals surface area contributed by atoms with Crippen LogP contribution < -0.4 is 10.6 Å². The van der Waals surface area contributed by atoms with Gasteiger partial charge >= 0.3 is 0 Å². The zero-order valence-corrected chi connectivity index (χ0v) is 10.9. The summed E-state index contributed by atoms with van der Waals surface area (Å²) in [4.78, 5) is 22.2. The summed E-state index contributed by atoms with van der Waals surface area (Å²) in [5.74, 6) is -0.458. The van der Waals surface area contributed by atoms with E-state index in [0.29, 0.717) is 25.3 Å². The van der Waals surface area contributed by atoms with Crippen LogP contribution in [0.1, 0.15) is 16.8 Å². The number of nitrogens with zero attached hydrogens (tertiary/aromatic N) is 1. The van der Waals surface area contributed by atoms with Gasteiger partial charge in [-0.1, -0.05) is 0 Å². The van der Waals surface area contributed by atoms with Gasteiger partial charge in [0, 0.05) is 39.1 Å². The first kappa shape index (κ1) is 14.9. The molecule has 0 aromatic heterocycles. The molecule has 1 aromatic carbocycles. The molecule has 0 fully saturated rings. The summed E-state index contributed by atoms with van der Waals surface area (Å²) in [6.45, 7) is 0.937. The van der Waals surface area contributed by atoms with Crippen LogP contribution in [0.5, 0.6) is 0 Å². The Labute approximate surface area is 111 Å². The van der Waals surface area contributed by atoms with Crippen LogP contribution in [0.4, 0.5) is 11.4 Å². The Balaban J connectivity index is 2.83. The van der Waals surface area contributed by atoms with E-state index in [1.54, 1.807) is 20.2 Å². The lowest BCUT2D eigenvalue weighted by Gasteiger charge is -2.07. The van der Waals surface area contributed by atoms with Crippen molar-refractivity contribution in [3.8, 4) is 0 Å². The first-order chi connectivity index (χ1) is 9.10. The lowest BCUT2D eigenvalue weighted by atomic mass is 10.1. The number of carbonyl (C=O) groups is 1. The second-order valence-electron chi connectivity index (χ2n) is 3.84. The minimum atomic E-state index is -0.566. The molecule has 0 saturated carbocycles. The molecular formula is C12H17N3O4. The number of ether oxygens (including phenoxy) is 1. The van der Waals surface area contributed by atoms with Crippen LogP contribution in [0.2, 0.25) is 0 Å². The van der Waals surface area contributed by atoms with Gasteiger partial charge in [-0.15, -0.1) is 0 Å². The largest absolute Gasteiger partial charge is 0.388 e. The summed E-state index contributed by atoms with van der Waals surface area (Å²) in [6, 6.07) is 4.33. The van der Waals surface area contributed by atoms with E-state index in [1.165, 1.54) is 12.1 Å². The van der Waals surface area contributed by atoms with Gasteiger partial charge in [-0.05, 0) is 18.6 Å². The van der Waals surface area contributed by atoms with E-state index in [0.717, 1.165) is 0 Å². The molecule has 0 radical (unpaired) electrons. The third-order valence-electron chi connectivity index (χ3n) is 2.54. The van der Waals surface area contributed by atoms with Gasteiger partial charge in [-0.3, -0.25) is 14.9 Å². The Bertz CT molecular complexity index is 462. The van der Waals surface area contributed by atoms with Crippen molar-refractivity contribution in [3.05, 3.63) is 33.9 Å². The van der Waals surface area contributed by atoms with E-state index in [9.17, 15) is 14.9 Å². The first-order valence-corrected chi connectivity index (χ1v) is 5.83. The third-order valence-corrected chi connectivity index (χ3v) is 2.54. The fraction of sp³-hybridized carbons (Fsp3) is 0.417. The molecule has 1 aromatic rings. The van der Waals surface area contributed by atoms with E-state index in [1.807, 2.05) is 0 Å². The molecule has 7 heteroatoms. The molecule has 0 saturated heterocycles. The normalized spacial score (nSPS) is 10.0. The number of hydrogen-bond acceptors (Lipinski definition) is 5. The standard InChI is InChI=1S/C12H17N3O4/c1-13-9-4-5-11(15(17)18)10(8-9)12(16)14-6-3-7-19-2/h4-5,8,13H,3,6-7H2,1-2H3,(H,14,16).